The lowest BCUT2D eigenvalue weighted by Gasteiger charge is -2.09. The predicted molar refractivity (Wildman–Crippen MR) is 111 cm³/mol. The number of rotatable bonds is 13. The van der Waals surface area contributed by atoms with Gasteiger partial charge in [-0.3, -0.25) is 9.78 Å². The number of carbonyl (C=O) groups is 1. The molecule has 0 N–H and O–H groups in total. The topological polar surface area (TPSA) is 79.8 Å². The van der Waals surface area contributed by atoms with E-state index in [1.54, 1.807) is 18.3 Å². The summed E-state index contributed by atoms with van der Waals surface area (Å²) in [5.74, 6) is -0.516. The van der Waals surface area contributed by atoms with Crippen molar-refractivity contribution in [1.82, 2.24) is 9.97 Å². The lowest BCUT2D eigenvalue weighted by molar-refractivity contribution is -0.147. The van der Waals surface area contributed by atoms with Gasteiger partial charge in [0.1, 0.15) is 6.61 Å². The summed E-state index contributed by atoms with van der Waals surface area (Å²) in [5.41, 5.74) is 2.51. The molecule has 0 radical (unpaired) electrons. The summed E-state index contributed by atoms with van der Waals surface area (Å²) in [5, 5.41) is 0. The lowest BCUT2D eigenvalue weighted by atomic mass is 10.2. The molecule has 7 heteroatoms. The van der Waals surface area contributed by atoms with Crippen molar-refractivity contribution in [2.24, 2.45) is 5.92 Å². The predicted octanol–water partition coefficient (Wildman–Crippen LogP) is 2.98. The second-order valence-corrected chi connectivity index (χ2v) is 6.47. The third kappa shape index (κ3) is 7.51. The average Bonchev–Trinajstić information content (AvgIpc) is 3.33. The minimum absolute atomic E-state index is 0.241. The fourth-order valence-electron chi connectivity index (χ4n) is 2.72. The zero-order chi connectivity index (χ0) is 20.9. The van der Waals surface area contributed by atoms with Crippen LogP contribution in [0.5, 0.6) is 0 Å². The van der Waals surface area contributed by atoms with Gasteiger partial charge in [-0.1, -0.05) is 36.4 Å². The van der Waals surface area contributed by atoms with Gasteiger partial charge in [0.2, 0.25) is 0 Å². The molecule has 2 heterocycles. The molecular formula is C23H26N2O5. The second-order valence-electron chi connectivity index (χ2n) is 6.47. The molecule has 30 heavy (non-hydrogen) atoms. The molecule has 0 saturated carbocycles. The van der Waals surface area contributed by atoms with Crippen LogP contribution in [0.2, 0.25) is 0 Å². The normalized spacial score (nSPS) is 13.1. The first-order chi connectivity index (χ1) is 14.8. The Labute approximate surface area is 176 Å². The van der Waals surface area contributed by atoms with Crippen LogP contribution in [0.25, 0.3) is 11.4 Å². The van der Waals surface area contributed by atoms with Gasteiger partial charge in [-0.15, -0.1) is 0 Å². The highest BCUT2D eigenvalue weighted by Crippen LogP contribution is 2.14. The standard InChI is InChI=1S/C23H26N2O5/c26-23(19-6-1-2-7-19)30-17-16-28-13-12-27-14-15-29-18-20-8-5-10-22(25-20)21-9-3-4-11-24-21/h1-11,19H,12-18H2. The number of nitrogens with zero attached hydrogens (tertiary/aromatic N) is 2. The van der Waals surface area contributed by atoms with E-state index in [4.69, 9.17) is 18.9 Å². The largest absolute Gasteiger partial charge is 0.463 e. The monoisotopic (exact) mass is 410 g/mol. The molecule has 1 aliphatic rings. The summed E-state index contributed by atoms with van der Waals surface area (Å²) < 4.78 is 21.6. The van der Waals surface area contributed by atoms with Crippen LogP contribution in [0.15, 0.2) is 66.9 Å². The van der Waals surface area contributed by atoms with Crippen molar-refractivity contribution in [3.05, 3.63) is 72.6 Å². The molecule has 0 bridgehead atoms. The van der Waals surface area contributed by atoms with Gasteiger partial charge in [-0.2, -0.15) is 0 Å². The smallest absolute Gasteiger partial charge is 0.316 e. The van der Waals surface area contributed by atoms with Crippen LogP contribution in [-0.2, 0) is 30.3 Å². The van der Waals surface area contributed by atoms with Gasteiger partial charge in [0.15, 0.2) is 0 Å². The van der Waals surface area contributed by atoms with E-state index in [0.717, 1.165) is 17.1 Å². The Balaban J connectivity index is 1.18. The van der Waals surface area contributed by atoms with Crippen LogP contribution >= 0.6 is 0 Å². The Morgan fingerprint density at radius 1 is 0.800 bits per heavy atom. The second kappa shape index (κ2) is 12.6. The third-order valence-corrected chi connectivity index (χ3v) is 4.22. The Morgan fingerprint density at radius 3 is 2.23 bits per heavy atom. The summed E-state index contributed by atoms with van der Waals surface area (Å²) in [6.07, 6.45) is 9.01. The van der Waals surface area contributed by atoms with E-state index in [9.17, 15) is 4.79 Å². The third-order valence-electron chi connectivity index (χ3n) is 4.22. The minimum Gasteiger partial charge on any atom is -0.463 e. The number of ether oxygens (including phenoxy) is 4. The van der Waals surface area contributed by atoms with Gasteiger partial charge in [-0.05, 0) is 24.3 Å². The van der Waals surface area contributed by atoms with E-state index in [1.807, 2.05) is 48.6 Å². The van der Waals surface area contributed by atoms with Crippen molar-refractivity contribution in [2.45, 2.75) is 6.61 Å². The van der Waals surface area contributed by atoms with E-state index >= 15 is 0 Å². The Bertz CT molecular complexity index is 826. The van der Waals surface area contributed by atoms with Gasteiger partial charge < -0.3 is 18.9 Å². The molecule has 0 fully saturated rings. The summed E-state index contributed by atoms with van der Waals surface area (Å²) in [6.45, 7) is 2.84. The number of aromatic nitrogens is 2. The van der Waals surface area contributed by atoms with E-state index < -0.39 is 0 Å². The molecule has 0 spiro atoms. The number of hydrogen-bond acceptors (Lipinski definition) is 7. The van der Waals surface area contributed by atoms with Gasteiger partial charge in [-0.25, -0.2) is 4.98 Å². The zero-order valence-corrected chi connectivity index (χ0v) is 16.8. The molecule has 2 aromatic heterocycles. The molecule has 0 atom stereocenters. The van der Waals surface area contributed by atoms with Crippen molar-refractivity contribution in [2.75, 3.05) is 39.6 Å². The highest BCUT2D eigenvalue weighted by atomic mass is 16.6. The quantitative estimate of drug-likeness (QED) is 0.371. The summed E-state index contributed by atoms with van der Waals surface area (Å²) >= 11 is 0. The SMILES string of the molecule is O=C(OCCOCCOCCOCc1cccc(-c2ccccn2)n1)C1C=CC=C1. The molecule has 0 aromatic carbocycles. The average molecular weight is 410 g/mol. The highest BCUT2D eigenvalue weighted by molar-refractivity contribution is 5.77. The van der Waals surface area contributed by atoms with Crippen molar-refractivity contribution in [1.29, 1.82) is 0 Å². The van der Waals surface area contributed by atoms with Gasteiger partial charge in [0.05, 0.1) is 62.6 Å². The van der Waals surface area contributed by atoms with E-state index in [0.29, 0.717) is 39.6 Å². The first-order valence-electron chi connectivity index (χ1n) is 9.95. The van der Waals surface area contributed by atoms with Crippen molar-refractivity contribution >= 4 is 5.97 Å². The maximum Gasteiger partial charge on any atom is 0.316 e. The van der Waals surface area contributed by atoms with Crippen LogP contribution in [0.3, 0.4) is 0 Å². The molecule has 7 nitrogen and oxygen atoms in total. The van der Waals surface area contributed by atoms with Crippen molar-refractivity contribution in [3.8, 4) is 11.4 Å². The molecule has 158 valence electrons. The molecule has 2 aromatic rings. The zero-order valence-electron chi connectivity index (χ0n) is 16.8. The van der Waals surface area contributed by atoms with Crippen molar-refractivity contribution < 1.29 is 23.7 Å². The lowest BCUT2D eigenvalue weighted by Crippen LogP contribution is -2.17. The van der Waals surface area contributed by atoms with Crippen LogP contribution < -0.4 is 0 Å². The fourth-order valence-corrected chi connectivity index (χ4v) is 2.72. The summed E-state index contributed by atoms with van der Waals surface area (Å²) in [7, 11) is 0. The van der Waals surface area contributed by atoms with E-state index in [1.165, 1.54) is 0 Å². The van der Waals surface area contributed by atoms with E-state index in [-0.39, 0.29) is 18.5 Å². The van der Waals surface area contributed by atoms with E-state index in [2.05, 4.69) is 9.97 Å². The Hall–Kier alpha value is -2.87. The molecule has 0 saturated heterocycles. The molecule has 0 unspecified atom stereocenters. The van der Waals surface area contributed by atoms with Gasteiger partial charge in [0, 0.05) is 6.20 Å². The number of carbonyl (C=O) groups excluding carboxylic acids is 1. The number of pyridine rings is 2. The van der Waals surface area contributed by atoms with Gasteiger partial charge >= 0.3 is 5.97 Å². The molecule has 1 aliphatic carbocycles. The number of esters is 1. The first-order valence-corrected chi connectivity index (χ1v) is 9.95. The molecular weight excluding hydrogens is 384 g/mol. The van der Waals surface area contributed by atoms with Crippen LogP contribution in [0.4, 0.5) is 0 Å². The first kappa shape index (κ1) is 21.8. The Kier molecular flexibility index (Phi) is 9.20. The van der Waals surface area contributed by atoms with Crippen LogP contribution in [0, 0.1) is 5.92 Å². The maximum atomic E-state index is 11.6. The number of hydrogen-bond donors (Lipinski definition) is 0. The Morgan fingerprint density at radius 2 is 1.50 bits per heavy atom. The van der Waals surface area contributed by atoms with Crippen molar-refractivity contribution in [3.63, 3.8) is 0 Å². The molecule has 3 rings (SSSR count). The van der Waals surface area contributed by atoms with Gasteiger partial charge in [0.25, 0.3) is 0 Å². The summed E-state index contributed by atoms with van der Waals surface area (Å²) in [6, 6.07) is 11.5. The van der Waals surface area contributed by atoms with Crippen LogP contribution in [0.1, 0.15) is 5.69 Å². The molecule has 0 amide bonds. The minimum atomic E-state index is -0.263. The maximum absolute atomic E-state index is 11.6. The van der Waals surface area contributed by atoms with Crippen LogP contribution in [-0.4, -0.2) is 55.6 Å². The number of allylic oxidation sites excluding steroid dienone is 2. The fraction of sp³-hybridized carbons (Fsp3) is 0.348. The summed E-state index contributed by atoms with van der Waals surface area (Å²) in [4.78, 5) is 20.5. The molecule has 0 aliphatic heterocycles. The highest BCUT2D eigenvalue weighted by Gasteiger charge is 2.15.